The molecule has 0 fully saturated rings. The molecular weight excluding hydrogens is 677 g/mol. The molecule has 56 heavy (non-hydrogen) atoms. The summed E-state index contributed by atoms with van der Waals surface area (Å²) in [4.78, 5) is 4.87. The lowest BCUT2D eigenvalue weighted by Crippen LogP contribution is -1.97. The number of hydrogen-bond acceptors (Lipinski definition) is 1. The molecule has 0 saturated heterocycles. The summed E-state index contributed by atoms with van der Waals surface area (Å²) in [5.41, 5.74) is 15.4. The summed E-state index contributed by atoms with van der Waals surface area (Å²) in [5.74, 6) is 0. The van der Waals surface area contributed by atoms with Crippen LogP contribution in [-0.2, 0) is 0 Å². The van der Waals surface area contributed by atoms with Crippen molar-refractivity contribution < 1.29 is 0 Å². The summed E-state index contributed by atoms with van der Waals surface area (Å²) in [6.45, 7) is 2.15. The zero-order chi connectivity index (χ0) is 37.2. The zero-order valence-electron chi connectivity index (χ0n) is 30.9. The molecule has 0 amide bonds. The SMILES string of the molecule is Cc1ccc2c(c1)c1ncccc1n2-c1ccc(-c2c3ccccc3c(-c3cc(-c4ccccc4)cc(-c4ccccc4)c3)c3ccccc23)c2ccccc12. The lowest BCUT2D eigenvalue weighted by atomic mass is 9.83. The Morgan fingerprint density at radius 3 is 1.52 bits per heavy atom. The lowest BCUT2D eigenvalue weighted by Gasteiger charge is -2.21. The Balaban J connectivity index is 1.20. The molecule has 2 nitrogen and oxygen atoms in total. The molecule has 0 N–H and O–H groups in total. The van der Waals surface area contributed by atoms with Gasteiger partial charge in [0.2, 0.25) is 0 Å². The number of hydrogen-bond donors (Lipinski definition) is 0. The van der Waals surface area contributed by atoms with Gasteiger partial charge in [-0.05, 0) is 127 Å². The Kier molecular flexibility index (Phi) is 7.43. The number of benzene rings is 9. The van der Waals surface area contributed by atoms with Crippen molar-refractivity contribution in [2.45, 2.75) is 6.92 Å². The molecule has 0 radical (unpaired) electrons. The quantitative estimate of drug-likeness (QED) is 0.162. The van der Waals surface area contributed by atoms with Gasteiger partial charge in [0.05, 0.1) is 22.2 Å². The molecule has 2 heterocycles. The van der Waals surface area contributed by atoms with Crippen LogP contribution < -0.4 is 0 Å². The van der Waals surface area contributed by atoms with Crippen molar-refractivity contribution in [1.29, 1.82) is 0 Å². The molecule has 0 aliphatic carbocycles. The smallest absolute Gasteiger partial charge is 0.0963 e. The average molecular weight is 713 g/mol. The van der Waals surface area contributed by atoms with Crippen LogP contribution in [0.4, 0.5) is 0 Å². The van der Waals surface area contributed by atoms with Gasteiger partial charge >= 0.3 is 0 Å². The number of aromatic nitrogens is 2. The van der Waals surface area contributed by atoms with Crippen molar-refractivity contribution in [1.82, 2.24) is 9.55 Å². The van der Waals surface area contributed by atoms with Crippen molar-refractivity contribution in [3.63, 3.8) is 0 Å². The normalized spacial score (nSPS) is 11.7. The minimum atomic E-state index is 1.03. The highest BCUT2D eigenvalue weighted by Gasteiger charge is 2.21. The predicted octanol–water partition coefficient (Wildman–Crippen LogP) is 14.6. The van der Waals surface area contributed by atoms with E-state index in [9.17, 15) is 0 Å². The molecule has 0 unspecified atom stereocenters. The van der Waals surface area contributed by atoms with Gasteiger partial charge in [-0.3, -0.25) is 4.98 Å². The van der Waals surface area contributed by atoms with E-state index in [4.69, 9.17) is 4.98 Å². The summed E-state index contributed by atoms with van der Waals surface area (Å²) in [6, 6.07) is 71.0. The average Bonchev–Trinajstić information content (AvgIpc) is 3.59. The topological polar surface area (TPSA) is 17.8 Å². The summed E-state index contributed by atoms with van der Waals surface area (Å²) >= 11 is 0. The Labute approximate surface area is 325 Å². The van der Waals surface area contributed by atoms with Gasteiger partial charge in [-0.2, -0.15) is 0 Å². The number of aryl methyl sites for hydroxylation is 1. The van der Waals surface area contributed by atoms with Gasteiger partial charge in [0.1, 0.15) is 0 Å². The molecule has 2 aromatic heterocycles. The zero-order valence-corrected chi connectivity index (χ0v) is 30.9. The van der Waals surface area contributed by atoms with Crippen LogP contribution in [0.3, 0.4) is 0 Å². The third kappa shape index (κ3) is 5.07. The molecule has 0 atom stereocenters. The third-order valence-electron chi connectivity index (χ3n) is 11.5. The van der Waals surface area contributed by atoms with Crippen LogP contribution in [0.15, 0.2) is 200 Å². The second-order valence-electron chi connectivity index (χ2n) is 14.8. The van der Waals surface area contributed by atoms with Gasteiger partial charge < -0.3 is 4.57 Å². The minimum Gasteiger partial charge on any atom is -0.307 e. The van der Waals surface area contributed by atoms with E-state index in [1.54, 1.807) is 0 Å². The van der Waals surface area contributed by atoms with Crippen LogP contribution >= 0.6 is 0 Å². The van der Waals surface area contributed by atoms with Crippen molar-refractivity contribution in [2.24, 2.45) is 0 Å². The van der Waals surface area contributed by atoms with E-state index < -0.39 is 0 Å². The van der Waals surface area contributed by atoms with E-state index in [1.165, 1.54) is 87.8 Å². The van der Waals surface area contributed by atoms with Gasteiger partial charge in [-0.25, -0.2) is 0 Å². The molecule has 0 saturated carbocycles. The lowest BCUT2D eigenvalue weighted by molar-refractivity contribution is 1.19. The number of fused-ring (bicyclic) bond motifs is 6. The number of nitrogens with zero attached hydrogens (tertiary/aromatic N) is 2. The van der Waals surface area contributed by atoms with Gasteiger partial charge in [0, 0.05) is 17.0 Å². The molecule has 0 aliphatic rings. The maximum absolute atomic E-state index is 4.87. The molecular formula is C54H36N2. The van der Waals surface area contributed by atoms with Crippen LogP contribution in [0.25, 0.3) is 104 Å². The predicted molar refractivity (Wildman–Crippen MR) is 238 cm³/mol. The first-order chi connectivity index (χ1) is 27.7. The Morgan fingerprint density at radius 2 is 0.893 bits per heavy atom. The van der Waals surface area contributed by atoms with E-state index in [2.05, 4.69) is 200 Å². The fraction of sp³-hybridized carbons (Fsp3) is 0.0185. The van der Waals surface area contributed by atoms with Crippen LogP contribution in [0.5, 0.6) is 0 Å². The Bertz CT molecular complexity index is 3190. The van der Waals surface area contributed by atoms with Gasteiger partial charge in [0.15, 0.2) is 0 Å². The standard InChI is InChI=1S/C54H36N2/c1-35-26-28-50-48(31-35)54-51(25-14-30-55-54)56(50)49-29-27-47(41-19-8-9-20-42(41)49)53-45-23-12-10-21-43(45)52(44-22-11-13-24-46(44)53)40-33-38(36-15-4-2-5-16-36)32-39(34-40)37-17-6-3-7-18-37/h2-34H,1H3. The molecule has 0 spiro atoms. The summed E-state index contributed by atoms with van der Waals surface area (Å²) in [6.07, 6.45) is 1.90. The van der Waals surface area contributed by atoms with E-state index in [0.29, 0.717) is 0 Å². The first-order valence-corrected chi connectivity index (χ1v) is 19.3. The Hall–Kier alpha value is -7.29. The largest absolute Gasteiger partial charge is 0.307 e. The summed E-state index contributed by atoms with van der Waals surface area (Å²) in [7, 11) is 0. The molecule has 11 aromatic rings. The first kappa shape index (κ1) is 32.2. The molecule has 11 rings (SSSR count). The molecule has 0 aliphatic heterocycles. The second kappa shape index (κ2) is 12.9. The molecule has 2 heteroatoms. The second-order valence-corrected chi connectivity index (χ2v) is 14.8. The molecule has 262 valence electrons. The van der Waals surface area contributed by atoms with Crippen LogP contribution in [0.2, 0.25) is 0 Å². The van der Waals surface area contributed by atoms with Gasteiger partial charge in [-0.1, -0.05) is 151 Å². The van der Waals surface area contributed by atoms with E-state index >= 15 is 0 Å². The summed E-state index contributed by atoms with van der Waals surface area (Å²) in [5, 5.41) is 8.55. The minimum absolute atomic E-state index is 1.03. The maximum Gasteiger partial charge on any atom is 0.0963 e. The van der Waals surface area contributed by atoms with Crippen molar-refractivity contribution in [3.05, 3.63) is 206 Å². The summed E-state index contributed by atoms with van der Waals surface area (Å²) < 4.78 is 2.40. The highest BCUT2D eigenvalue weighted by Crippen LogP contribution is 2.47. The number of pyridine rings is 1. The highest BCUT2D eigenvalue weighted by molar-refractivity contribution is 6.24. The van der Waals surface area contributed by atoms with E-state index in [-0.39, 0.29) is 0 Å². The fourth-order valence-electron chi connectivity index (χ4n) is 9.00. The van der Waals surface area contributed by atoms with Crippen LogP contribution in [0.1, 0.15) is 5.56 Å². The van der Waals surface area contributed by atoms with Gasteiger partial charge in [0.25, 0.3) is 0 Å². The van der Waals surface area contributed by atoms with Crippen LogP contribution in [0, 0.1) is 6.92 Å². The van der Waals surface area contributed by atoms with Crippen molar-refractivity contribution in [3.8, 4) is 50.2 Å². The van der Waals surface area contributed by atoms with Crippen molar-refractivity contribution >= 4 is 54.3 Å². The fourth-order valence-corrected chi connectivity index (χ4v) is 9.00. The van der Waals surface area contributed by atoms with Crippen LogP contribution in [-0.4, -0.2) is 9.55 Å². The first-order valence-electron chi connectivity index (χ1n) is 19.3. The third-order valence-corrected chi connectivity index (χ3v) is 11.5. The van der Waals surface area contributed by atoms with Gasteiger partial charge in [-0.15, -0.1) is 0 Å². The Morgan fingerprint density at radius 1 is 0.357 bits per heavy atom. The van der Waals surface area contributed by atoms with E-state index in [1.807, 2.05) is 12.3 Å². The molecule has 9 aromatic carbocycles. The van der Waals surface area contributed by atoms with E-state index in [0.717, 1.165) is 22.2 Å². The maximum atomic E-state index is 4.87. The monoisotopic (exact) mass is 712 g/mol. The highest BCUT2D eigenvalue weighted by atomic mass is 15.0. The van der Waals surface area contributed by atoms with Crippen molar-refractivity contribution in [2.75, 3.05) is 0 Å². The molecule has 0 bridgehead atoms. The number of rotatable bonds is 5.